The fraction of sp³-hybridized carbons (Fsp3) is 0.364. The monoisotopic (exact) mass is 193 g/mol. The second-order valence-corrected chi connectivity index (χ2v) is 3.03. The highest BCUT2D eigenvalue weighted by Gasteiger charge is 2.02. The first kappa shape index (κ1) is 10.7. The fourth-order valence-electron chi connectivity index (χ4n) is 1.08. The molecule has 0 saturated heterocycles. The summed E-state index contributed by atoms with van der Waals surface area (Å²) >= 11 is 0. The number of carbonyl (C=O) groups excluding carboxylic acids is 1. The molecule has 0 heterocycles. The molecule has 1 rings (SSSR count). The minimum Gasteiger partial charge on any atom is -0.427 e. The Labute approximate surface area is 83.9 Å². The molecule has 1 aromatic rings. The van der Waals surface area contributed by atoms with Crippen molar-refractivity contribution in [3.05, 3.63) is 30.3 Å². The zero-order valence-electron chi connectivity index (χ0n) is 8.11. The van der Waals surface area contributed by atoms with Crippen LogP contribution in [-0.4, -0.2) is 12.5 Å². The SMILES string of the molecule is NCCCCC(=O)Oc1ccccc1. The van der Waals surface area contributed by atoms with E-state index in [1.54, 1.807) is 12.1 Å². The third-order valence-corrected chi connectivity index (χ3v) is 1.81. The standard InChI is InChI=1S/C11H15NO2/c12-9-5-4-8-11(13)14-10-6-2-1-3-7-10/h1-3,6-7H,4-5,8-9,12H2. The van der Waals surface area contributed by atoms with E-state index in [1.807, 2.05) is 18.2 Å². The number of esters is 1. The van der Waals surface area contributed by atoms with E-state index in [0.717, 1.165) is 12.8 Å². The maximum Gasteiger partial charge on any atom is 0.311 e. The molecule has 0 amide bonds. The van der Waals surface area contributed by atoms with E-state index in [0.29, 0.717) is 18.7 Å². The summed E-state index contributed by atoms with van der Waals surface area (Å²) in [7, 11) is 0. The highest BCUT2D eigenvalue weighted by Crippen LogP contribution is 2.09. The number of rotatable bonds is 5. The van der Waals surface area contributed by atoms with Gasteiger partial charge in [0.05, 0.1) is 0 Å². The Kier molecular flexibility index (Phi) is 4.72. The van der Waals surface area contributed by atoms with Crippen LogP contribution in [0.3, 0.4) is 0 Å². The highest BCUT2D eigenvalue weighted by atomic mass is 16.5. The number of unbranched alkanes of at least 4 members (excludes halogenated alkanes) is 1. The van der Waals surface area contributed by atoms with Gasteiger partial charge in [0.25, 0.3) is 0 Å². The first-order valence-electron chi connectivity index (χ1n) is 4.78. The second kappa shape index (κ2) is 6.16. The summed E-state index contributed by atoms with van der Waals surface area (Å²) in [6.45, 7) is 0.624. The molecule has 76 valence electrons. The van der Waals surface area contributed by atoms with Gasteiger partial charge in [-0.1, -0.05) is 18.2 Å². The van der Waals surface area contributed by atoms with Crippen LogP contribution in [0.4, 0.5) is 0 Å². The lowest BCUT2D eigenvalue weighted by atomic mass is 10.2. The van der Waals surface area contributed by atoms with E-state index in [9.17, 15) is 4.79 Å². The van der Waals surface area contributed by atoms with Crippen LogP contribution in [0.2, 0.25) is 0 Å². The smallest absolute Gasteiger partial charge is 0.311 e. The van der Waals surface area contributed by atoms with Crippen LogP contribution in [0.25, 0.3) is 0 Å². The predicted octanol–water partition coefficient (Wildman–Crippen LogP) is 1.72. The lowest BCUT2D eigenvalue weighted by molar-refractivity contribution is -0.134. The van der Waals surface area contributed by atoms with Crippen LogP contribution >= 0.6 is 0 Å². The van der Waals surface area contributed by atoms with Crippen molar-refractivity contribution in [1.82, 2.24) is 0 Å². The maximum atomic E-state index is 11.2. The number of nitrogens with two attached hydrogens (primary N) is 1. The van der Waals surface area contributed by atoms with Gasteiger partial charge in [0.15, 0.2) is 0 Å². The molecule has 0 spiro atoms. The van der Waals surface area contributed by atoms with Gasteiger partial charge in [-0.05, 0) is 31.5 Å². The lowest BCUT2D eigenvalue weighted by Crippen LogP contribution is -2.08. The first-order chi connectivity index (χ1) is 6.83. The molecule has 3 heteroatoms. The molecular formula is C11H15NO2. The van der Waals surface area contributed by atoms with Crippen LogP contribution in [0.15, 0.2) is 30.3 Å². The maximum absolute atomic E-state index is 11.2. The van der Waals surface area contributed by atoms with Gasteiger partial charge in [-0.15, -0.1) is 0 Å². The zero-order valence-corrected chi connectivity index (χ0v) is 8.11. The summed E-state index contributed by atoms with van der Waals surface area (Å²) in [5.41, 5.74) is 5.32. The van der Waals surface area contributed by atoms with Crippen molar-refractivity contribution in [2.75, 3.05) is 6.54 Å². The summed E-state index contributed by atoms with van der Waals surface area (Å²) in [6, 6.07) is 9.08. The van der Waals surface area contributed by atoms with Crippen molar-refractivity contribution in [1.29, 1.82) is 0 Å². The molecule has 3 nitrogen and oxygen atoms in total. The summed E-state index contributed by atoms with van der Waals surface area (Å²) in [4.78, 5) is 11.2. The molecule has 0 aromatic heterocycles. The molecule has 0 atom stereocenters. The average Bonchev–Trinajstić information content (AvgIpc) is 2.20. The Balaban J connectivity index is 2.27. The van der Waals surface area contributed by atoms with Crippen LogP contribution in [0, 0.1) is 0 Å². The van der Waals surface area contributed by atoms with Crippen molar-refractivity contribution in [3.8, 4) is 5.75 Å². The predicted molar refractivity (Wildman–Crippen MR) is 55.0 cm³/mol. The van der Waals surface area contributed by atoms with Crippen LogP contribution in [0.1, 0.15) is 19.3 Å². The van der Waals surface area contributed by atoms with E-state index in [4.69, 9.17) is 10.5 Å². The molecule has 0 aliphatic heterocycles. The van der Waals surface area contributed by atoms with E-state index in [2.05, 4.69) is 0 Å². The van der Waals surface area contributed by atoms with Crippen molar-refractivity contribution >= 4 is 5.97 Å². The topological polar surface area (TPSA) is 52.3 Å². The summed E-state index contributed by atoms with van der Waals surface area (Å²) in [5, 5.41) is 0. The Bertz CT molecular complexity index is 272. The first-order valence-corrected chi connectivity index (χ1v) is 4.78. The number of benzene rings is 1. The highest BCUT2D eigenvalue weighted by molar-refractivity contribution is 5.72. The number of carbonyl (C=O) groups is 1. The van der Waals surface area contributed by atoms with Gasteiger partial charge in [-0.25, -0.2) is 0 Å². The molecule has 0 fully saturated rings. The minimum atomic E-state index is -0.190. The van der Waals surface area contributed by atoms with Gasteiger partial charge in [-0.3, -0.25) is 4.79 Å². The molecule has 0 aliphatic rings. The Morgan fingerprint density at radius 2 is 1.93 bits per heavy atom. The largest absolute Gasteiger partial charge is 0.427 e. The van der Waals surface area contributed by atoms with Gasteiger partial charge in [0.1, 0.15) is 5.75 Å². The Morgan fingerprint density at radius 1 is 1.21 bits per heavy atom. The molecule has 0 radical (unpaired) electrons. The third-order valence-electron chi connectivity index (χ3n) is 1.81. The number of hydrogen-bond donors (Lipinski definition) is 1. The van der Waals surface area contributed by atoms with Crippen LogP contribution in [-0.2, 0) is 4.79 Å². The molecule has 1 aromatic carbocycles. The zero-order chi connectivity index (χ0) is 10.2. The van der Waals surface area contributed by atoms with E-state index in [1.165, 1.54) is 0 Å². The number of para-hydroxylation sites is 1. The van der Waals surface area contributed by atoms with Crippen LogP contribution in [0.5, 0.6) is 5.75 Å². The van der Waals surface area contributed by atoms with Gasteiger partial charge < -0.3 is 10.5 Å². The Hall–Kier alpha value is -1.35. The van der Waals surface area contributed by atoms with Gasteiger partial charge in [-0.2, -0.15) is 0 Å². The second-order valence-electron chi connectivity index (χ2n) is 3.03. The number of ether oxygens (including phenoxy) is 1. The van der Waals surface area contributed by atoms with Crippen molar-refractivity contribution < 1.29 is 9.53 Å². The van der Waals surface area contributed by atoms with Crippen molar-refractivity contribution in [2.45, 2.75) is 19.3 Å². The Morgan fingerprint density at radius 3 is 2.57 bits per heavy atom. The molecule has 0 saturated carbocycles. The third kappa shape index (κ3) is 4.05. The summed E-state index contributed by atoms with van der Waals surface area (Å²) in [6.07, 6.45) is 2.10. The minimum absolute atomic E-state index is 0.190. The molecule has 0 unspecified atom stereocenters. The molecule has 0 bridgehead atoms. The fourth-order valence-corrected chi connectivity index (χ4v) is 1.08. The molecule has 0 aliphatic carbocycles. The van der Waals surface area contributed by atoms with E-state index in [-0.39, 0.29) is 5.97 Å². The van der Waals surface area contributed by atoms with Crippen LogP contribution < -0.4 is 10.5 Å². The molecule has 2 N–H and O–H groups in total. The molecule has 14 heavy (non-hydrogen) atoms. The summed E-state index contributed by atoms with van der Waals surface area (Å²) < 4.78 is 5.08. The van der Waals surface area contributed by atoms with Gasteiger partial charge >= 0.3 is 5.97 Å². The van der Waals surface area contributed by atoms with E-state index < -0.39 is 0 Å². The van der Waals surface area contributed by atoms with Crippen molar-refractivity contribution in [2.24, 2.45) is 5.73 Å². The quantitative estimate of drug-likeness (QED) is 0.440. The van der Waals surface area contributed by atoms with Gasteiger partial charge in [0.2, 0.25) is 0 Å². The van der Waals surface area contributed by atoms with Crippen molar-refractivity contribution in [3.63, 3.8) is 0 Å². The van der Waals surface area contributed by atoms with E-state index >= 15 is 0 Å². The lowest BCUT2D eigenvalue weighted by Gasteiger charge is -2.02. The molecular weight excluding hydrogens is 178 g/mol. The van der Waals surface area contributed by atoms with Gasteiger partial charge in [0, 0.05) is 6.42 Å². The summed E-state index contributed by atoms with van der Waals surface area (Å²) in [5.74, 6) is 0.412. The normalized spacial score (nSPS) is 9.79. The number of hydrogen-bond acceptors (Lipinski definition) is 3. The average molecular weight is 193 g/mol.